The summed E-state index contributed by atoms with van der Waals surface area (Å²) in [4.78, 5) is 18.7. The summed E-state index contributed by atoms with van der Waals surface area (Å²) in [5, 5.41) is 19.5. The number of nitrogens with one attached hydrogen (secondary N) is 2. The quantitative estimate of drug-likeness (QED) is 0.171. The van der Waals surface area contributed by atoms with Crippen LogP contribution in [-0.2, 0) is 15.6 Å². The Bertz CT molecular complexity index is 1250. The minimum atomic E-state index is -0.327. The van der Waals surface area contributed by atoms with Gasteiger partial charge >= 0.3 is 0 Å². The van der Waals surface area contributed by atoms with E-state index in [2.05, 4.69) is 57.2 Å². The molecule has 2 heterocycles. The minimum Gasteiger partial charge on any atom is -0.507 e. The molecule has 196 valence electrons. The molecule has 1 aliphatic rings. The molecule has 0 saturated carbocycles. The van der Waals surface area contributed by atoms with Gasteiger partial charge in [-0.2, -0.15) is 0 Å². The van der Waals surface area contributed by atoms with Crippen LogP contribution in [-0.4, -0.2) is 28.6 Å². The number of thioether (sulfide) groups is 1. The summed E-state index contributed by atoms with van der Waals surface area (Å²) in [5.74, 6) is 1.40. The van der Waals surface area contributed by atoms with Crippen molar-refractivity contribution < 1.29 is 9.90 Å². The van der Waals surface area contributed by atoms with E-state index in [0.717, 1.165) is 27.3 Å². The van der Waals surface area contributed by atoms with Crippen molar-refractivity contribution in [1.82, 2.24) is 5.32 Å². The first-order valence-electron chi connectivity index (χ1n) is 12.4. The summed E-state index contributed by atoms with van der Waals surface area (Å²) < 4.78 is 0. The van der Waals surface area contributed by atoms with Crippen molar-refractivity contribution in [3.63, 3.8) is 0 Å². The molecular weight excluding hydrogens is 500 g/mol. The van der Waals surface area contributed by atoms with Crippen molar-refractivity contribution >= 4 is 46.2 Å². The number of amides is 1. The molecule has 6 nitrogen and oxygen atoms in total. The van der Waals surface area contributed by atoms with E-state index in [4.69, 9.17) is 5.73 Å². The van der Waals surface area contributed by atoms with E-state index in [9.17, 15) is 9.90 Å². The monoisotopic (exact) mass is 536 g/mol. The lowest BCUT2D eigenvalue weighted by molar-refractivity contribution is -0.117. The van der Waals surface area contributed by atoms with E-state index >= 15 is 0 Å². The van der Waals surface area contributed by atoms with Crippen molar-refractivity contribution in [2.75, 3.05) is 11.1 Å². The molecule has 1 amide bonds. The van der Waals surface area contributed by atoms with E-state index < -0.39 is 0 Å². The number of aliphatic imine (C=N–C) groups is 1. The minimum absolute atomic E-state index is 0.0125. The molecule has 3 aromatic rings. The number of anilines is 1. The van der Waals surface area contributed by atoms with Gasteiger partial charge in [0, 0.05) is 22.6 Å². The van der Waals surface area contributed by atoms with Gasteiger partial charge in [0.1, 0.15) is 11.6 Å². The van der Waals surface area contributed by atoms with Gasteiger partial charge in [0.25, 0.3) is 0 Å². The lowest BCUT2D eigenvalue weighted by atomic mass is 9.79. The number of thiophene rings is 1. The van der Waals surface area contributed by atoms with Gasteiger partial charge in [-0.05, 0) is 52.1 Å². The molecule has 0 bridgehead atoms. The first kappa shape index (κ1) is 27.2. The first-order valence-corrected chi connectivity index (χ1v) is 14.3. The Hall–Kier alpha value is -2.81. The molecule has 1 aliphatic heterocycles. The van der Waals surface area contributed by atoms with E-state index in [1.807, 2.05) is 53.9 Å². The SMILES string of the molecule is CC(C)(C)c1cc(NC(=O)[C@@H]2CSC(c3ccc(N=C(N)c4cccs4)cc3)N2)cc(C(C)(C)C)c1O. The van der Waals surface area contributed by atoms with Crippen LogP contribution in [0.15, 0.2) is 58.9 Å². The normalized spacial score (nSPS) is 18.7. The molecule has 2 atom stereocenters. The molecule has 5 N–H and O–H groups in total. The summed E-state index contributed by atoms with van der Waals surface area (Å²) in [6.07, 6.45) is 0. The van der Waals surface area contributed by atoms with Crippen LogP contribution in [0.2, 0.25) is 0 Å². The number of phenols is 1. The van der Waals surface area contributed by atoms with Gasteiger partial charge in [-0.15, -0.1) is 23.1 Å². The molecule has 1 aromatic heterocycles. The topological polar surface area (TPSA) is 99.7 Å². The number of phenolic OH excluding ortho intramolecular Hbond substituents is 1. The molecule has 0 radical (unpaired) electrons. The fraction of sp³-hybridized carbons (Fsp3) is 0.379. The second kappa shape index (κ2) is 10.5. The van der Waals surface area contributed by atoms with Crippen LogP contribution in [0.3, 0.4) is 0 Å². The Labute approximate surface area is 227 Å². The van der Waals surface area contributed by atoms with Crippen LogP contribution in [0.1, 0.15) is 68.5 Å². The third-order valence-corrected chi connectivity index (χ3v) is 8.47. The van der Waals surface area contributed by atoms with Crippen molar-refractivity contribution in [1.29, 1.82) is 0 Å². The molecule has 0 aliphatic carbocycles. The van der Waals surface area contributed by atoms with Crippen LogP contribution in [0, 0.1) is 0 Å². The lowest BCUT2D eigenvalue weighted by Gasteiger charge is -2.28. The largest absolute Gasteiger partial charge is 0.507 e. The Morgan fingerprint density at radius 1 is 1.05 bits per heavy atom. The first-order chi connectivity index (χ1) is 17.3. The van der Waals surface area contributed by atoms with E-state index in [1.165, 1.54) is 0 Å². The van der Waals surface area contributed by atoms with Crippen LogP contribution >= 0.6 is 23.1 Å². The molecule has 1 fully saturated rings. The van der Waals surface area contributed by atoms with Gasteiger partial charge in [-0.3, -0.25) is 10.1 Å². The maximum atomic E-state index is 13.2. The fourth-order valence-corrected chi connectivity index (χ4v) is 6.11. The predicted molar refractivity (Wildman–Crippen MR) is 157 cm³/mol. The molecule has 4 rings (SSSR count). The number of hydrogen-bond donors (Lipinski definition) is 4. The average Bonchev–Trinajstić information content (AvgIpc) is 3.52. The summed E-state index contributed by atoms with van der Waals surface area (Å²) in [6.45, 7) is 12.4. The third kappa shape index (κ3) is 6.37. The Morgan fingerprint density at radius 3 is 2.22 bits per heavy atom. The molecule has 2 aromatic carbocycles. The number of hydrogen-bond acceptors (Lipinski definition) is 6. The summed E-state index contributed by atoms with van der Waals surface area (Å²) >= 11 is 3.27. The van der Waals surface area contributed by atoms with Crippen LogP contribution < -0.4 is 16.4 Å². The summed E-state index contributed by atoms with van der Waals surface area (Å²) in [5.41, 5.74) is 9.82. The summed E-state index contributed by atoms with van der Waals surface area (Å²) in [7, 11) is 0. The molecular formula is C29H36N4O2S2. The van der Waals surface area contributed by atoms with E-state index in [1.54, 1.807) is 23.1 Å². The average molecular weight is 537 g/mol. The highest BCUT2D eigenvalue weighted by Gasteiger charge is 2.32. The van der Waals surface area contributed by atoms with Gasteiger partial charge in [0.05, 0.1) is 22.0 Å². The molecule has 0 spiro atoms. The van der Waals surface area contributed by atoms with Gasteiger partial charge in [0.15, 0.2) is 0 Å². The number of carbonyl (C=O) groups excluding carboxylic acids is 1. The van der Waals surface area contributed by atoms with Crippen LogP contribution in [0.25, 0.3) is 0 Å². The second-order valence-corrected chi connectivity index (χ2v) is 13.5. The van der Waals surface area contributed by atoms with Gasteiger partial charge in [-0.25, -0.2) is 4.99 Å². The van der Waals surface area contributed by atoms with E-state index in [0.29, 0.717) is 23.0 Å². The Morgan fingerprint density at radius 2 is 1.68 bits per heavy atom. The van der Waals surface area contributed by atoms with Crippen LogP contribution in [0.5, 0.6) is 5.75 Å². The number of carbonyl (C=O) groups is 1. The number of nitrogens with zero attached hydrogens (tertiary/aromatic N) is 1. The molecule has 1 saturated heterocycles. The predicted octanol–water partition coefficient (Wildman–Crippen LogP) is 6.43. The van der Waals surface area contributed by atoms with Gasteiger partial charge < -0.3 is 16.2 Å². The Balaban J connectivity index is 1.45. The summed E-state index contributed by atoms with van der Waals surface area (Å²) in [6, 6.07) is 15.3. The highest BCUT2D eigenvalue weighted by Crippen LogP contribution is 2.41. The fourth-order valence-electron chi connectivity index (χ4n) is 4.24. The number of aromatic hydroxyl groups is 1. The number of nitrogens with two attached hydrogens (primary N) is 1. The van der Waals surface area contributed by atoms with Crippen molar-refractivity contribution in [2.45, 2.75) is 63.8 Å². The maximum absolute atomic E-state index is 13.2. The standard InChI is InChI=1S/C29H36N4O2S2/c1-28(2,3)20-14-19(15-21(24(20)34)29(4,5)6)32-26(35)22-16-37-27(33-22)17-9-11-18(12-10-17)31-25(30)23-8-7-13-36-23/h7-15,22,27,33-34H,16H2,1-6H3,(H2,30,31)(H,32,35)/t22-,27?/m0/s1. The zero-order chi connectivity index (χ0) is 27.0. The second-order valence-electron chi connectivity index (χ2n) is 11.4. The van der Waals surface area contributed by atoms with Crippen molar-refractivity contribution in [3.05, 3.63) is 75.5 Å². The number of benzene rings is 2. The highest BCUT2D eigenvalue weighted by atomic mass is 32.2. The van der Waals surface area contributed by atoms with Gasteiger partial charge in [0.2, 0.25) is 5.91 Å². The number of rotatable bonds is 5. The zero-order valence-corrected chi connectivity index (χ0v) is 23.9. The molecule has 8 heteroatoms. The van der Waals surface area contributed by atoms with Crippen LogP contribution in [0.4, 0.5) is 11.4 Å². The van der Waals surface area contributed by atoms with Crippen molar-refractivity contribution in [2.24, 2.45) is 10.7 Å². The third-order valence-electron chi connectivity index (χ3n) is 6.31. The smallest absolute Gasteiger partial charge is 0.242 e. The Kier molecular flexibility index (Phi) is 7.74. The highest BCUT2D eigenvalue weighted by molar-refractivity contribution is 7.99. The van der Waals surface area contributed by atoms with Crippen molar-refractivity contribution in [3.8, 4) is 5.75 Å². The zero-order valence-electron chi connectivity index (χ0n) is 22.3. The maximum Gasteiger partial charge on any atom is 0.242 e. The molecule has 37 heavy (non-hydrogen) atoms. The molecule has 1 unspecified atom stereocenters. The number of amidine groups is 1. The van der Waals surface area contributed by atoms with E-state index in [-0.39, 0.29) is 28.2 Å². The lowest BCUT2D eigenvalue weighted by Crippen LogP contribution is -2.38. The van der Waals surface area contributed by atoms with Gasteiger partial charge in [-0.1, -0.05) is 59.7 Å².